The van der Waals surface area contributed by atoms with Gasteiger partial charge in [-0.25, -0.2) is 17.6 Å². The molecule has 1 rings (SSSR count). The lowest BCUT2D eigenvalue weighted by atomic mass is 10.0. The van der Waals surface area contributed by atoms with Gasteiger partial charge in [-0.05, 0) is 5.92 Å². The topological polar surface area (TPSA) is 55.1 Å². The van der Waals surface area contributed by atoms with Crippen LogP contribution in [0, 0.1) is 29.2 Å². The Labute approximate surface area is 107 Å². The first-order chi connectivity index (χ1) is 8.73. The first kappa shape index (κ1) is 15.4. The molecular formula is C12H14F4N2O. The van der Waals surface area contributed by atoms with Crippen LogP contribution < -0.4 is 11.1 Å². The van der Waals surface area contributed by atoms with Crippen molar-refractivity contribution in [1.82, 2.24) is 0 Å². The van der Waals surface area contributed by atoms with E-state index in [1.165, 1.54) is 0 Å². The molecule has 0 spiro atoms. The fourth-order valence-corrected chi connectivity index (χ4v) is 1.32. The van der Waals surface area contributed by atoms with Crippen LogP contribution in [0.5, 0.6) is 0 Å². The Morgan fingerprint density at radius 3 is 2.11 bits per heavy atom. The molecular weight excluding hydrogens is 264 g/mol. The van der Waals surface area contributed by atoms with Crippen molar-refractivity contribution in [2.24, 2.45) is 11.7 Å². The maximum Gasteiger partial charge on any atom is 0.226 e. The third-order valence-electron chi connectivity index (χ3n) is 2.65. The molecule has 1 aromatic rings. The van der Waals surface area contributed by atoms with E-state index < -0.39 is 40.9 Å². The number of rotatable bonds is 4. The number of anilines is 1. The largest absolute Gasteiger partial charge is 0.327 e. The fraction of sp³-hybridized carbons (Fsp3) is 0.417. The third-order valence-corrected chi connectivity index (χ3v) is 2.65. The maximum atomic E-state index is 13.3. The van der Waals surface area contributed by atoms with Crippen LogP contribution in [-0.2, 0) is 4.79 Å². The Hall–Kier alpha value is -1.63. The van der Waals surface area contributed by atoms with E-state index in [9.17, 15) is 22.4 Å². The Kier molecular flexibility index (Phi) is 4.88. The molecule has 0 aliphatic heterocycles. The van der Waals surface area contributed by atoms with Crippen molar-refractivity contribution in [3.63, 3.8) is 0 Å². The van der Waals surface area contributed by atoms with Crippen molar-refractivity contribution in [2.75, 3.05) is 5.32 Å². The maximum absolute atomic E-state index is 13.3. The van der Waals surface area contributed by atoms with Gasteiger partial charge in [-0.15, -0.1) is 0 Å². The highest BCUT2D eigenvalue weighted by molar-refractivity contribution is 5.91. The standard InChI is InChI=1S/C12H14F4N2O/c1-5(2)8(17)4-9(19)18-12-10(15)6(13)3-7(14)11(12)16/h3,5,8H,4,17H2,1-2H3,(H,18,19). The first-order valence-electron chi connectivity index (χ1n) is 5.62. The van der Waals surface area contributed by atoms with Crippen LogP contribution in [0.2, 0.25) is 0 Å². The molecule has 0 bridgehead atoms. The van der Waals surface area contributed by atoms with Gasteiger partial charge in [0.2, 0.25) is 5.91 Å². The Balaban J connectivity index is 2.91. The minimum absolute atomic E-state index is 0.0234. The highest BCUT2D eigenvalue weighted by Crippen LogP contribution is 2.24. The van der Waals surface area contributed by atoms with Crippen LogP contribution >= 0.6 is 0 Å². The molecule has 3 nitrogen and oxygen atoms in total. The van der Waals surface area contributed by atoms with Gasteiger partial charge < -0.3 is 11.1 Å². The van der Waals surface area contributed by atoms with Gasteiger partial charge in [0.1, 0.15) is 5.69 Å². The molecule has 0 aliphatic carbocycles. The van der Waals surface area contributed by atoms with Crippen LogP contribution in [0.25, 0.3) is 0 Å². The van der Waals surface area contributed by atoms with E-state index in [0.717, 1.165) is 0 Å². The second-order valence-electron chi connectivity index (χ2n) is 4.50. The molecule has 0 radical (unpaired) electrons. The highest BCUT2D eigenvalue weighted by atomic mass is 19.2. The van der Waals surface area contributed by atoms with E-state index in [-0.39, 0.29) is 18.4 Å². The van der Waals surface area contributed by atoms with Crippen molar-refractivity contribution < 1.29 is 22.4 Å². The zero-order chi connectivity index (χ0) is 14.7. The summed E-state index contributed by atoms with van der Waals surface area (Å²) in [6, 6.07) is -0.454. The zero-order valence-corrected chi connectivity index (χ0v) is 10.4. The summed E-state index contributed by atoms with van der Waals surface area (Å²) in [6.45, 7) is 3.53. The molecule has 1 amide bonds. The van der Waals surface area contributed by atoms with E-state index in [0.29, 0.717) is 0 Å². The number of benzene rings is 1. The lowest BCUT2D eigenvalue weighted by Gasteiger charge is -2.15. The van der Waals surface area contributed by atoms with Crippen molar-refractivity contribution in [1.29, 1.82) is 0 Å². The van der Waals surface area contributed by atoms with E-state index in [1.807, 2.05) is 0 Å². The number of halogens is 4. The van der Waals surface area contributed by atoms with E-state index >= 15 is 0 Å². The molecule has 1 unspecified atom stereocenters. The van der Waals surface area contributed by atoms with E-state index in [2.05, 4.69) is 0 Å². The Morgan fingerprint density at radius 1 is 1.21 bits per heavy atom. The van der Waals surface area contributed by atoms with E-state index in [1.54, 1.807) is 19.2 Å². The number of carbonyl (C=O) groups is 1. The molecule has 1 atom stereocenters. The highest BCUT2D eigenvalue weighted by Gasteiger charge is 2.22. The first-order valence-corrected chi connectivity index (χ1v) is 5.62. The zero-order valence-electron chi connectivity index (χ0n) is 10.4. The van der Waals surface area contributed by atoms with Crippen molar-refractivity contribution >= 4 is 11.6 Å². The van der Waals surface area contributed by atoms with Gasteiger partial charge in [0.15, 0.2) is 23.3 Å². The SMILES string of the molecule is CC(C)C(N)CC(=O)Nc1c(F)c(F)cc(F)c1F. The second kappa shape index (κ2) is 6.01. The van der Waals surface area contributed by atoms with Crippen LogP contribution in [0.15, 0.2) is 6.07 Å². The number of hydrogen-bond acceptors (Lipinski definition) is 2. The number of nitrogens with one attached hydrogen (secondary N) is 1. The van der Waals surface area contributed by atoms with Crippen LogP contribution in [0.1, 0.15) is 20.3 Å². The normalized spacial score (nSPS) is 12.6. The molecule has 7 heteroatoms. The van der Waals surface area contributed by atoms with Gasteiger partial charge in [-0.3, -0.25) is 4.79 Å². The second-order valence-corrected chi connectivity index (χ2v) is 4.50. The lowest BCUT2D eigenvalue weighted by Crippen LogP contribution is -2.32. The van der Waals surface area contributed by atoms with Crippen LogP contribution in [0.4, 0.5) is 23.2 Å². The van der Waals surface area contributed by atoms with Crippen molar-refractivity contribution in [3.8, 4) is 0 Å². The van der Waals surface area contributed by atoms with Gasteiger partial charge >= 0.3 is 0 Å². The number of hydrogen-bond donors (Lipinski definition) is 2. The quantitative estimate of drug-likeness (QED) is 0.657. The molecule has 106 valence electrons. The van der Waals surface area contributed by atoms with Gasteiger partial charge in [-0.2, -0.15) is 0 Å². The van der Waals surface area contributed by atoms with Crippen molar-refractivity contribution in [2.45, 2.75) is 26.3 Å². The summed E-state index contributed by atoms with van der Waals surface area (Å²) < 4.78 is 52.3. The molecule has 19 heavy (non-hydrogen) atoms. The fourth-order valence-electron chi connectivity index (χ4n) is 1.32. The number of amides is 1. The van der Waals surface area contributed by atoms with Crippen molar-refractivity contribution in [3.05, 3.63) is 29.3 Å². The Morgan fingerprint density at radius 2 is 1.68 bits per heavy atom. The summed E-state index contributed by atoms with van der Waals surface area (Å²) in [7, 11) is 0. The minimum atomic E-state index is -1.65. The molecule has 3 N–H and O–H groups in total. The van der Waals surface area contributed by atoms with Gasteiger partial charge in [0, 0.05) is 18.5 Å². The van der Waals surface area contributed by atoms with Gasteiger partial charge in [-0.1, -0.05) is 13.8 Å². The van der Waals surface area contributed by atoms with Crippen LogP contribution in [-0.4, -0.2) is 11.9 Å². The average Bonchev–Trinajstić information content (AvgIpc) is 2.32. The predicted octanol–water partition coefficient (Wildman–Crippen LogP) is 2.55. The molecule has 0 aliphatic rings. The summed E-state index contributed by atoms with van der Waals surface area (Å²) >= 11 is 0. The predicted molar refractivity (Wildman–Crippen MR) is 62.3 cm³/mol. The molecule has 0 fully saturated rings. The Bertz CT molecular complexity index is 465. The molecule has 1 aromatic carbocycles. The molecule has 0 saturated carbocycles. The average molecular weight is 278 g/mol. The summed E-state index contributed by atoms with van der Waals surface area (Å²) in [5.74, 6) is -7.30. The number of nitrogens with two attached hydrogens (primary N) is 1. The van der Waals surface area contributed by atoms with Crippen LogP contribution in [0.3, 0.4) is 0 Å². The molecule has 0 aromatic heterocycles. The molecule has 0 saturated heterocycles. The third kappa shape index (κ3) is 3.66. The lowest BCUT2D eigenvalue weighted by molar-refractivity contribution is -0.116. The van der Waals surface area contributed by atoms with Gasteiger partial charge in [0.05, 0.1) is 0 Å². The van der Waals surface area contributed by atoms with Gasteiger partial charge in [0.25, 0.3) is 0 Å². The summed E-state index contributed by atoms with van der Waals surface area (Å²) in [4.78, 5) is 11.5. The monoisotopic (exact) mass is 278 g/mol. The van der Waals surface area contributed by atoms with E-state index in [4.69, 9.17) is 5.73 Å². The number of carbonyl (C=O) groups excluding carboxylic acids is 1. The summed E-state index contributed by atoms with van der Waals surface area (Å²) in [6.07, 6.45) is -0.214. The molecule has 0 heterocycles. The summed E-state index contributed by atoms with van der Waals surface area (Å²) in [5, 5.41) is 1.80. The smallest absolute Gasteiger partial charge is 0.226 e. The minimum Gasteiger partial charge on any atom is -0.327 e. The summed E-state index contributed by atoms with van der Waals surface area (Å²) in [5.41, 5.74) is 4.47.